The molecule has 0 aromatic carbocycles. The Morgan fingerprint density at radius 1 is 1.17 bits per heavy atom. The van der Waals surface area contributed by atoms with Crippen molar-refractivity contribution in [3.05, 3.63) is 44.1 Å². The van der Waals surface area contributed by atoms with Gasteiger partial charge in [0.1, 0.15) is 12.4 Å². The van der Waals surface area contributed by atoms with Crippen molar-refractivity contribution in [2.75, 3.05) is 25.1 Å². The molecule has 12 nitrogen and oxygen atoms in total. The van der Waals surface area contributed by atoms with Gasteiger partial charge in [-0.25, -0.2) is 14.8 Å². The standard InChI is InChI=1S/C24H30N8O4/c1-5-6-10-30-20-21(28-23(30)29-9-7-8-17(25)12-29)31(14-19(33)36-4)24(35)32(22(20)34)13-18-26-15(2)11-16(3)27-18/h11,17H,7-10,12-14,25H2,1-4H3. The van der Waals surface area contributed by atoms with Crippen LogP contribution >= 0.6 is 0 Å². The van der Waals surface area contributed by atoms with Crippen molar-refractivity contribution in [1.82, 2.24) is 28.7 Å². The van der Waals surface area contributed by atoms with Crippen LogP contribution in [0, 0.1) is 25.7 Å². The van der Waals surface area contributed by atoms with E-state index in [0.29, 0.717) is 36.3 Å². The SMILES string of the molecule is CC#CCn1c(N2CCCC(N)C2)nc2c1c(=O)n(Cc1nc(C)cc(C)n1)c(=O)n2CC(=O)OC. The number of nitrogens with zero attached hydrogens (tertiary/aromatic N) is 7. The van der Waals surface area contributed by atoms with Gasteiger partial charge < -0.3 is 15.4 Å². The van der Waals surface area contributed by atoms with Crippen molar-refractivity contribution in [3.8, 4) is 11.8 Å². The summed E-state index contributed by atoms with van der Waals surface area (Å²) in [5, 5.41) is 0. The Balaban J connectivity index is 2.00. The highest BCUT2D eigenvalue weighted by molar-refractivity contribution is 5.77. The van der Waals surface area contributed by atoms with Gasteiger partial charge in [-0.1, -0.05) is 5.92 Å². The van der Waals surface area contributed by atoms with Crippen LogP contribution in [0.25, 0.3) is 11.2 Å². The van der Waals surface area contributed by atoms with E-state index in [0.717, 1.165) is 22.0 Å². The molecule has 1 aliphatic rings. The molecule has 3 aromatic heterocycles. The lowest BCUT2D eigenvalue weighted by Crippen LogP contribution is -2.44. The number of methoxy groups -OCH3 is 1. The zero-order chi connectivity index (χ0) is 26.0. The van der Waals surface area contributed by atoms with Crippen LogP contribution in [0.2, 0.25) is 0 Å². The van der Waals surface area contributed by atoms with Crippen LogP contribution in [0.3, 0.4) is 0 Å². The summed E-state index contributed by atoms with van der Waals surface area (Å²) < 4.78 is 8.70. The van der Waals surface area contributed by atoms with Crippen molar-refractivity contribution < 1.29 is 9.53 Å². The summed E-state index contributed by atoms with van der Waals surface area (Å²) in [7, 11) is 1.24. The molecular weight excluding hydrogens is 464 g/mol. The predicted octanol–water partition coefficient (Wildman–Crippen LogP) is -0.0614. The second-order valence-electron chi connectivity index (χ2n) is 8.85. The van der Waals surface area contributed by atoms with Crippen molar-refractivity contribution >= 4 is 23.1 Å². The van der Waals surface area contributed by atoms with Gasteiger partial charge in [0.2, 0.25) is 5.95 Å². The van der Waals surface area contributed by atoms with Crippen molar-refractivity contribution in [2.24, 2.45) is 5.73 Å². The predicted molar refractivity (Wildman–Crippen MR) is 134 cm³/mol. The van der Waals surface area contributed by atoms with Crippen molar-refractivity contribution in [2.45, 2.75) is 59.3 Å². The lowest BCUT2D eigenvalue weighted by atomic mass is 10.1. The third kappa shape index (κ3) is 4.87. The van der Waals surface area contributed by atoms with Crippen molar-refractivity contribution in [1.29, 1.82) is 0 Å². The number of piperidine rings is 1. The van der Waals surface area contributed by atoms with E-state index in [9.17, 15) is 14.4 Å². The third-order valence-electron chi connectivity index (χ3n) is 6.09. The molecule has 1 aliphatic heterocycles. The number of nitrogens with two attached hydrogens (primary N) is 1. The van der Waals surface area contributed by atoms with Gasteiger partial charge in [-0.05, 0) is 39.7 Å². The monoisotopic (exact) mass is 494 g/mol. The topological polar surface area (TPSA) is 143 Å². The molecule has 0 amide bonds. The molecule has 0 spiro atoms. The third-order valence-corrected chi connectivity index (χ3v) is 6.09. The molecule has 0 bridgehead atoms. The molecule has 36 heavy (non-hydrogen) atoms. The highest BCUT2D eigenvalue weighted by Gasteiger charge is 2.27. The number of carbonyl (C=O) groups is 1. The molecule has 3 aromatic rings. The van der Waals surface area contributed by atoms with Gasteiger partial charge in [-0.15, -0.1) is 5.92 Å². The fourth-order valence-corrected chi connectivity index (χ4v) is 4.51. The van der Waals surface area contributed by atoms with E-state index >= 15 is 0 Å². The highest BCUT2D eigenvalue weighted by Crippen LogP contribution is 2.23. The van der Waals surface area contributed by atoms with Crippen LogP contribution in [-0.4, -0.2) is 60.9 Å². The molecule has 1 atom stereocenters. The van der Waals surface area contributed by atoms with E-state index < -0.39 is 23.8 Å². The van der Waals surface area contributed by atoms with E-state index in [1.54, 1.807) is 17.6 Å². The summed E-state index contributed by atoms with van der Waals surface area (Å²) in [5.41, 5.74) is 6.64. The van der Waals surface area contributed by atoms with Crippen LogP contribution in [0.5, 0.6) is 0 Å². The molecule has 0 aliphatic carbocycles. The van der Waals surface area contributed by atoms with E-state index in [4.69, 9.17) is 10.5 Å². The van der Waals surface area contributed by atoms with E-state index in [1.165, 1.54) is 7.11 Å². The summed E-state index contributed by atoms with van der Waals surface area (Å²) >= 11 is 0. The minimum atomic E-state index is -0.700. The number of imidazole rings is 1. The first-order chi connectivity index (χ1) is 17.2. The van der Waals surface area contributed by atoms with Gasteiger partial charge in [0.25, 0.3) is 5.56 Å². The number of ether oxygens (including phenoxy) is 1. The first-order valence-corrected chi connectivity index (χ1v) is 11.8. The van der Waals surface area contributed by atoms with Gasteiger partial charge >= 0.3 is 11.7 Å². The van der Waals surface area contributed by atoms with Crippen LogP contribution < -0.4 is 21.9 Å². The molecule has 4 heterocycles. The quantitative estimate of drug-likeness (QED) is 0.368. The number of aryl methyl sites for hydroxylation is 2. The number of aromatic nitrogens is 6. The average Bonchev–Trinajstić information content (AvgIpc) is 3.21. The first kappa shape index (κ1) is 25.1. The molecule has 0 saturated carbocycles. The Morgan fingerprint density at radius 3 is 2.53 bits per heavy atom. The normalized spacial score (nSPS) is 15.6. The van der Waals surface area contributed by atoms with Crippen LogP contribution in [0.15, 0.2) is 15.7 Å². The number of esters is 1. The molecule has 0 radical (unpaired) electrons. The lowest BCUT2D eigenvalue weighted by molar-refractivity contribution is -0.141. The molecule has 2 N–H and O–H groups in total. The number of fused-ring (bicyclic) bond motifs is 1. The van der Waals surface area contributed by atoms with Gasteiger partial charge in [0.05, 0.1) is 20.2 Å². The fraction of sp³-hybridized carbons (Fsp3) is 0.500. The molecule has 1 saturated heterocycles. The lowest BCUT2D eigenvalue weighted by Gasteiger charge is -2.31. The Hall–Kier alpha value is -3.98. The number of anilines is 1. The minimum Gasteiger partial charge on any atom is -0.468 e. The second-order valence-corrected chi connectivity index (χ2v) is 8.85. The summed E-state index contributed by atoms with van der Waals surface area (Å²) in [6, 6.07) is 1.76. The Kier molecular flexibility index (Phi) is 7.21. The molecular formula is C24H30N8O4. The maximum atomic E-state index is 13.8. The minimum absolute atomic E-state index is 0.0418. The van der Waals surface area contributed by atoms with Crippen LogP contribution in [0.1, 0.15) is 37.0 Å². The van der Waals surface area contributed by atoms with Gasteiger partial charge in [0, 0.05) is 30.5 Å². The Bertz CT molecular complexity index is 1470. The van der Waals surface area contributed by atoms with Gasteiger partial charge in [0.15, 0.2) is 11.2 Å². The molecule has 1 fully saturated rings. The summed E-state index contributed by atoms with van der Waals surface area (Å²) in [6.45, 7) is 6.19. The maximum Gasteiger partial charge on any atom is 0.333 e. The van der Waals surface area contributed by atoms with Crippen LogP contribution in [-0.2, 0) is 29.2 Å². The fourth-order valence-electron chi connectivity index (χ4n) is 4.51. The second kappa shape index (κ2) is 10.3. The smallest absolute Gasteiger partial charge is 0.333 e. The van der Waals surface area contributed by atoms with E-state index in [1.807, 2.05) is 18.7 Å². The van der Waals surface area contributed by atoms with Gasteiger partial charge in [-0.3, -0.25) is 23.3 Å². The van der Waals surface area contributed by atoms with Crippen LogP contribution in [0.4, 0.5) is 5.95 Å². The number of hydrogen-bond donors (Lipinski definition) is 1. The first-order valence-electron chi connectivity index (χ1n) is 11.8. The van der Waals surface area contributed by atoms with Crippen molar-refractivity contribution in [3.63, 3.8) is 0 Å². The maximum absolute atomic E-state index is 13.8. The zero-order valence-electron chi connectivity index (χ0n) is 20.9. The molecule has 4 rings (SSSR count). The molecule has 12 heteroatoms. The molecule has 190 valence electrons. The highest BCUT2D eigenvalue weighted by atomic mass is 16.5. The number of hydrogen-bond acceptors (Lipinski definition) is 9. The largest absolute Gasteiger partial charge is 0.468 e. The Labute approximate surface area is 207 Å². The number of rotatable bonds is 6. The Morgan fingerprint density at radius 2 is 1.89 bits per heavy atom. The summed E-state index contributed by atoms with van der Waals surface area (Å²) in [4.78, 5) is 55.0. The van der Waals surface area contributed by atoms with E-state index in [-0.39, 0.29) is 30.3 Å². The van der Waals surface area contributed by atoms with E-state index in [2.05, 4.69) is 26.8 Å². The molecule has 1 unspecified atom stereocenters. The summed E-state index contributed by atoms with van der Waals surface area (Å²) in [6.07, 6.45) is 1.76. The number of carbonyl (C=O) groups excluding carboxylic acids is 1. The van der Waals surface area contributed by atoms with Gasteiger partial charge in [-0.2, -0.15) is 4.98 Å². The summed E-state index contributed by atoms with van der Waals surface area (Å²) in [5.74, 6) is 6.00. The average molecular weight is 495 g/mol. The zero-order valence-corrected chi connectivity index (χ0v) is 20.9.